The van der Waals surface area contributed by atoms with Gasteiger partial charge in [0.25, 0.3) is 0 Å². The molecule has 0 aliphatic heterocycles. The average molecular weight is 354 g/mol. The van der Waals surface area contributed by atoms with Crippen molar-refractivity contribution in [3.05, 3.63) is 0 Å². The Morgan fingerprint density at radius 3 is 1.36 bits per heavy atom. The zero-order valence-corrected chi connectivity index (χ0v) is 14.5. The second-order valence-corrected chi connectivity index (χ2v) is 7.44. The summed E-state index contributed by atoms with van der Waals surface area (Å²) in [6.07, 6.45) is 10.7. The van der Waals surface area contributed by atoms with Gasteiger partial charge in [0, 0.05) is 0 Å². The van der Waals surface area contributed by atoms with E-state index >= 15 is 0 Å². The summed E-state index contributed by atoms with van der Waals surface area (Å²) in [5.74, 6) is 0. The summed E-state index contributed by atoms with van der Waals surface area (Å²) in [5, 5.41) is 0. The first-order chi connectivity index (χ1) is 10.7. The molecule has 8 heteroatoms. The van der Waals surface area contributed by atoms with E-state index in [2.05, 4.69) is 0 Å². The van der Waals surface area contributed by atoms with E-state index in [0.29, 0.717) is 0 Å². The van der Waals surface area contributed by atoms with Gasteiger partial charge in [0.1, 0.15) is 0 Å². The van der Waals surface area contributed by atoms with Crippen molar-refractivity contribution < 1.29 is 25.2 Å². The molecule has 0 spiro atoms. The molecule has 2 saturated carbocycles. The SMILES string of the molecule is O=S(OCCOS(=O)OC1CCCCC1)OC1CCCCC1. The summed E-state index contributed by atoms with van der Waals surface area (Å²) < 4.78 is 43.8. The van der Waals surface area contributed by atoms with Crippen LogP contribution in [0.5, 0.6) is 0 Å². The van der Waals surface area contributed by atoms with Crippen LogP contribution in [0.3, 0.4) is 0 Å². The molecular formula is C14H26O6S2. The molecule has 0 aromatic heterocycles. The van der Waals surface area contributed by atoms with Crippen LogP contribution in [0.25, 0.3) is 0 Å². The normalized spacial score (nSPS) is 24.2. The van der Waals surface area contributed by atoms with Gasteiger partial charge in [0.05, 0.1) is 25.4 Å². The Bertz CT molecular complexity index is 319. The fraction of sp³-hybridized carbons (Fsp3) is 1.00. The zero-order chi connectivity index (χ0) is 15.6. The van der Waals surface area contributed by atoms with Gasteiger partial charge < -0.3 is 0 Å². The standard InChI is InChI=1S/C14H26O6S2/c15-21(19-13-7-3-1-4-8-13)17-11-12-18-22(16)20-14-9-5-2-6-10-14/h13-14H,1-12H2. The number of hydrogen-bond donors (Lipinski definition) is 0. The predicted octanol–water partition coefficient (Wildman–Crippen LogP) is 2.88. The Hall–Kier alpha value is 0.140. The van der Waals surface area contributed by atoms with Gasteiger partial charge >= 0.3 is 22.7 Å². The first-order valence-corrected chi connectivity index (χ1v) is 10.2. The van der Waals surface area contributed by atoms with Crippen molar-refractivity contribution in [2.45, 2.75) is 76.4 Å². The van der Waals surface area contributed by atoms with Crippen LogP contribution >= 0.6 is 0 Å². The minimum Gasteiger partial charge on any atom is -0.266 e. The molecule has 22 heavy (non-hydrogen) atoms. The van der Waals surface area contributed by atoms with Crippen molar-refractivity contribution in [1.82, 2.24) is 0 Å². The fourth-order valence-electron chi connectivity index (χ4n) is 2.80. The van der Waals surface area contributed by atoms with E-state index in [1.807, 2.05) is 0 Å². The lowest BCUT2D eigenvalue weighted by atomic mass is 9.98. The molecule has 130 valence electrons. The molecular weight excluding hydrogens is 328 g/mol. The van der Waals surface area contributed by atoms with E-state index in [4.69, 9.17) is 16.7 Å². The molecule has 0 aromatic rings. The van der Waals surface area contributed by atoms with E-state index in [1.165, 1.54) is 12.8 Å². The maximum absolute atomic E-state index is 11.6. The number of hydrogen-bond acceptors (Lipinski definition) is 6. The van der Waals surface area contributed by atoms with Crippen LogP contribution in [0.4, 0.5) is 0 Å². The molecule has 6 nitrogen and oxygen atoms in total. The third-order valence-corrected chi connectivity index (χ3v) is 5.55. The highest BCUT2D eigenvalue weighted by atomic mass is 32.2. The van der Waals surface area contributed by atoms with Crippen LogP contribution in [-0.2, 0) is 39.5 Å². The van der Waals surface area contributed by atoms with Gasteiger partial charge in [0.15, 0.2) is 0 Å². The van der Waals surface area contributed by atoms with E-state index in [0.717, 1.165) is 51.4 Å². The first kappa shape index (κ1) is 18.5. The largest absolute Gasteiger partial charge is 0.304 e. The third-order valence-electron chi connectivity index (χ3n) is 3.98. The van der Waals surface area contributed by atoms with Crippen LogP contribution in [0.1, 0.15) is 64.2 Å². The van der Waals surface area contributed by atoms with Crippen LogP contribution < -0.4 is 0 Å². The van der Waals surface area contributed by atoms with E-state index in [9.17, 15) is 8.42 Å². The molecule has 0 saturated heterocycles. The van der Waals surface area contributed by atoms with Crippen molar-refractivity contribution in [3.63, 3.8) is 0 Å². The van der Waals surface area contributed by atoms with Crippen molar-refractivity contribution in [3.8, 4) is 0 Å². The van der Waals surface area contributed by atoms with Gasteiger partial charge in [-0.2, -0.15) is 8.42 Å². The zero-order valence-electron chi connectivity index (χ0n) is 12.9. The molecule has 0 N–H and O–H groups in total. The van der Waals surface area contributed by atoms with Gasteiger partial charge in [-0.25, -0.2) is 0 Å². The van der Waals surface area contributed by atoms with Gasteiger partial charge in [-0.3, -0.25) is 16.7 Å². The fourth-order valence-corrected chi connectivity index (χ4v) is 4.15. The molecule has 2 rings (SSSR count). The lowest BCUT2D eigenvalue weighted by molar-refractivity contribution is 0.123. The third kappa shape index (κ3) is 7.61. The Balaban J connectivity index is 1.48. The van der Waals surface area contributed by atoms with Crippen molar-refractivity contribution >= 4 is 22.7 Å². The summed E-state index contributed by atoms with van der Waals surface area (Å²) in [6, 6.07) is 0. The van der Waals surface area contributed by atoms with Crippen LogP contribution in [-0.4, -0.2) is 33.8 Å². The minimum absolute atomic E-state index is 0.0271. The van der Waals surface area contributed by atoms with E-state index < -0.39 is 22.7 Å². The topological polar surface area (TPSA) is 71.1 Å². The molecule has 2 atom stereocenters. The summed E-state index contributed by atoms with van der Waals surface area (Å²) in [5.41, 5.74) is 0. The summed E-state index contributed by atoms with van der Waals surface area (Å²) in [7, 11) is 0. The van der Waals surface area contributed by atoms with E-state index in [-0.39, 0.29) is 25.4 Å². The smallest absolute Gasteiger partial charge is 0.266 e. The number of rotatable bonds is 9. The summed E-state index contributed by atoms with van der Waals surface area (Å²) in [6.45, 7) is 0.137. The Morgan fingerprint density at radius 1 is 0.636 bits per heavy atom. The maximum atomic E-state index is 11.6. The molecule has 2 unspecified atom stereocenters. The molecule has 0 bridgehead atoms. The predicted molar refractivity (Wildman–Crippen MR) is 84.1 cm³/mol. The highest BCUT2D eigenvalue weighted by molar-refractivity contribution is 7.75. The van der Waals surface area contributed by atoms with Crippen molar-refractivity contribution in [1.29, 1.82) is 0 Å². The molecule has 2 fully saturated rings. The Labute approximate surface area is 138 Å². The van der Waals surface area contributed by atoms with Crippen LogP contribution in [0, 0.1) is 0 Å². The molecule has 0 radical (unpaired) electrons. The quantitative estimate of drug-likeness (QED) is 0.593. The average Bonchev–Trinajstić information content (AvgIpc) is 2.53. The van der Waals surface area contributed by atoms with Gasteiger partial charge in [-0.15, -0.1) is 0 Å². The first-order valence-electron chi connectivity index (χ1n) is 8.18. The van der Waals surface area contributed by atoms with E-state index in [1.54, 1.807) is 0 Å². The molecule has 2 aliphatic carbocycles. The van der Waals surface area contributed by atoms with Crippen molar-refractivity contribution in [2.75, 3.05) is 13.2 Å². The van der Waals surface area contributed by atoms with Gasteiger partial charge in [0.2, 0.25) is 0 Å². The monoisotopic (exact) mass is 354 g/mol. The molecule has 0 amide bonds. The maximum Gasteiger partial charge on any atom is 0.304 e. The Morgan fingerprint density at radius 2 is 1.00 bits per heavy atom. The lowest BCUT2D eigenvalue weighted by Gasteiger charge is -2.20. The lowest BCUT2D eigenvalue weighted by Crippen LogP contribution is -2.21. The second-order valence-electron chi connectivity index (χ2n) is 5.76. The highest BCUT2D eigenvalue weighted by Gasteiger charge is 2.19. The summed E-state index contributed by atoms with van der Waals surface area (Å²) in [4.78, 5) is 0. The molecule has 2 aliphatic rings. The summed E-state index contributed by atoms with van der Waals surface area (Å²) >= 11 is -3.52. The molecule has 0 heterocycles. The Kier molecular flexibility index (Phi) is 9.10. The van der Waals surface area contributed by atoms with Crippen LogP contribution in [0.2, 0.25) is 0 Å². The van der Waals surface area contributed by atoms with Crippen LogP contribution in [0.15, 0.2) is 0 Å². The minimum atomic E-state index is -1.76. The van der Waals surface area contributed by atoms with Gasteiger partial charge in [-0.1, -0.05) is 38.5 Å². The highest BCUT2D eigenvalue weighted by Crippen LogP contribution is 2.22. The van der Waals surface area contributed by atoms with Crippen molar-refractivity contribution in [2.24, 2.45) is 0 Å². The second kappa shape index (κ2) is 10.8. The molecule has 0 aromatic carbocycles. The van der Waals surface area contributed by atoms with Gasteiger partial charge in [-0.05, 0) is 25.7 Å².